The van der Waals surface area contributed by atoms with Gasteiger partial charge in [-0.25, -0.2) is 18.4 Å². The molecule has 0 saturated carbocycles. The van der Waals surface area contributed by atoms with Gasteiger partial charge in [-0.2, -0.15) is 0 Å². The fraction of sp³-hybridized carbons (Fsp3) is 0.667. The van der Waals surface area contributed by atoms with E-state index in [2.05, 4.69) is 20.2 Å². The van der Waals surface area contributed by atoms with Gasteiger partial charge >= 0.3 is 0 Å². The summed E-state index contributed by atoms with van der Waals surface area (Å²) >= 11 is 0. The molecule has 1 N–H and O–H groups in total. The third-order valence-corrected chi connectivity index (χ3v) is 6.24. The largest absolute Gasteiger partial charge is 0.339 e. The number of hydrogen-bond acceptors (Lipinski definition) is 7. The Balaban J connectivity index is 1.38. The molecule has 0 aliphatic carbocycles. The van der Waals surface area contributed by atoms with E-state index >= 15 is 0 Å². The van der Waals surface area contributed by atoms with Crippen LogP contribution in [0.4, 0.5) is 5.95 Å². The van der Waals surface area contributed by atoms with E-state index in [0.29, 0.717) is 38.4 Å². The molecule has 8 nitrogen and oxygen atoms in total. The molecule has 2 aliphatic heterocycles. The maximum Gasteiger partial charge on any atom is 0.225 e. The summed E-state index contributed by atoms with van der Waals surface area (Å²) in [5, 5.41) is 3.18. The molecule has 0 radical (unpaired) electrons. The molecule has 132 valence electrons. The number of carbonyl (C=O) groups is 1. The zero-order valence-electron chi connectivity index (χ0n) is 13.6. The molecule has 1 unspecified atom stereocenters. The second-order valence-corrected chi connectivity index (χ2v) is 8.45. The Labute approximate surface area is 142 Å². The molecular weight excluding hydrogens is 330 g/mol. The molecular formula is C15H23N5O3S. The lowest BCUT2D eigenvalue weighted by Crippen LogP contribution is -2.49. The number of sulfone groups is 1. The fourth-order valence-electron chi connectivity index (χ4n) is 3.11. The van der Waals surface area contributed by atoms with Gasteiger partial charge in [0, 0.05) is 57.6 Å². The highest BCUT2D eigenvalue weighted by atomic mass is 32.2. The summed E-state index contributed by atoms with van der Waals surface area (Å²) in [7, 11) is -2.87. The lowest BCUT2D eigenvalue weighted by atomic mass is 10.2. The van der Waals surface area contributed by atoms with Gasteiger partial charge in [-0.15, -0.1) is 0 Å². The number of anilines is 1. The second kappa shape index (κ2) is 7.43. The Morgan fingerprint density at radius 3 is 2.54 bits per heavy atom. The zero-order valence-corrected chi connectivity index (χ0v) is 14.4. The minimum Gasteiger partial charge on any atom is -0.339 e. The van der Waals surface area contributed by atoms with E-state index in [9.17, 15) is 13.2 Å². The molecule has 1 aromatic heterocycles. The Bertz CT molecular complexity index is 659. The predicted molar refractivity (Wildman–Crippen MR) is 90.5 cm³/mol. The van der Waals surface area contributed by atoms with Gasteiger partial charge in [0.1, 0.15) is 0 Å². The molecule has 24 heavy (non-hydrogen) atoms. The van der Waals surface area contributed by atoms with Crippen LogP contribution in [0.25, 0.3) is 0 Å². The third kappa shape index (κ3) is 4.41. The number of hydrogen-bond donors (Lipinski definition) is 1. The smallest absolute Gasteiger partial charge is 0.225 e. The molecule has 3 rings (SSSR count). The van der Waals surface area contributed by atoms with Crippen LogP contribution in [0.2, 0.25) is 0 Å². The number of nitrogens with zero attached hydrogens (tertiary/aromatic N) is 4. The summed E-state index contributed by atoms with van der Waals surface area (Å²) in [5.74, 6) is 1.25. The van der Waals surface area contributed by atoms with Gasteiger partial charge in [-0.1, -0.05) is 0 Å². The van der Waals surface area contributed by atoms with Crippen LogP contribution >= 0.6 is 0 Å². The van der Waals surface area contributed by atoms with Crippen molar-refractivity contribution in [1.82, 2.24) is 20.2 Å². The van der Waals surface area contributed by atoms with Gasteiger partial charge in [0.05, 0.1) is 11.5 Å². The van der Waals surface area contributed by atoms with Gasteiger partial charge in [-0.3, -0.25) is 4.79 Å². The van der Waals surface area contributed by atoms with Crippen LogP contribution in [0.1, 0.15) is 12.8 Å². The quantitative estimate of drug-likeness (QED) is 0.747. The first kappa shape index (κ1) is 17.1. The molecule has 2 saturated heterocycles. The Kier molecular flexibility index (Phi) is 5.30. The van der Waals surface area contributed by atoms with Crippen molar-refractivity contribution in [2.45, 2.75) is 18.9 Å². The van der Waals surface area contributed by atoms with E-state index < -0.39 is 9.84 Å². The maximum absolute atomic E-state index is 12.3. The minimum atomic E-state index is -2.87. The average Bonchev–Trinajstić information content (AvgIpc) is 2.94. The number of rotatable bonds is 5. The predicted octanol–water partition coefficient (Wildman–Crippen LogP) is -0.708. The van der Waals surface area contributed by atoms with Crippen LogP contribution in [-0.2, 0) is 14.6 Å². The van der Waals surface area contributed by atoms with Crippen molar-refractivity contribution < 1.29 is 13.2 Å². The van der Waals surface area contributed by atoms with E-state index in [4.69, 9.17) is 0 Å². The summed E-state index contributed by atoms with van der Waals surface area (Å²) in [6.45, 7) is 3.30. The van der Waals surface area contributed by atoms with Gasteiger partial charge in [-0.05, 0) is 12.5 Å². The molecule has 3 heterocycles. The van der Waals surface area contributed by atoms with Gasteiger partial charge in [0.2, 0.25) is 11.9 Å². The van der Waals surface area contributed by atoms with Gasteiger partial charge in [0.15, 0.2) is 9.84 Å². The van der Waals surface area contributed by atoms with Gasteiger partial charge < -0.3 is 15.1 Å². The summed E-state index contributed by atoms with van der Waals surface area (Å²) in [5.41, 5.74) is 0. The first-order valence-corrected chi connectivity index (χ1v) is 10.1. The number of carbonyl (C=O) groups excluding carboxylic acids is 1. The van der Waals surface area contributed by atoms with Crippen molar-refractivity contribution in [1.29, 1.82) is 0 Å². The SMILES string of the molecule is O=C(CCNC1CCS(=O)(=O)C1)N1CCN(c2ncccn2)CC1. The highest BCUT2D eigenvalue weighted by molar-refractivity contribution is 7.91. The molecule has 2 aliphatic rings. The van der Waals surface area contributed by atoms with Gasteiger partial charge in [0.25, 0.3) is 0 Å². The van der Waals surface area contributed by atoms with Crippen molar-refractivity contribution in [3.63, 3.8) is 0 Å². The van der Waals surface area contributed by atoms with Crippen LogP contribution in [0.5, 0.6) is 0 Å². The number of aromatic nitrogens is 2. The summed E-state index contributed by atoms with van der Waals surface area (Å²) in [4.78, 5) is 24.6. The lowest BCUT2D eigenvalue weighted by molar-refractivity contribution is -0.131. The van der Waals surface area contributed by atoms with Crippen molar-refractivity contribution in [3.8, 4) is 0 Å². The number of nitrogens with one attached hydrogen (secondary N) is 1. The van der Waals surface area contributed by atoms with Crippen LogP contribution in [0.3, 0.4) is 0 Å². The first-order chi connectivity index (χ1) is 11.5. The molecule has 9 heteroatoms. The highest BCUT2D eigenvalue weighted by Crippen LogP contribution is 2.12. The summed E-state index contributed by atoms with van der Waals surface area (Å²) in [6.07, 6.45) is 4.48. The standard InChI is InChI=1S/C15H23N5O3S/c21-14(2-6-16-13-3-11-24(22,23)12-13)19-7-9-20(10-8-19)15-17-4-1-5-18-15/h1,4-5,13,16H,2-3,6-12H2. The Morgan fingerprint density at radius 2 is 1.92 bits per heavy atom. The van der Waals surface area contributed by atoms with Crippen molar-refractivity contribution in [2.24, 2.45) is 0 Å². The first-order valence-electron chi connectivity index (χ1n) is 8.27. The zero-order chi connectivity index (χ0) is 17.0. The minimum absolute atomic E-state index is 0.00474. The fourth-order valence-corrected chi connectivity index (χ4v) is 4.82. The molecule has 1 aromatic rings. The van der Waals surface area contributed by atoms with Crippen molar-refractivity contribution in [2.75, 3.05) is 49.1 Å². The Hall–Kier alpha value is -1.74. The van der Waals surface area contributed by atoms with E-state index in [0.717, 1.165) is 13.1 Å². The summed E-state index contributed by atoms with van der Waals surface area (Å²) in [6, 6.07) is 1.78. The number of piperazine rings is 1. The molecule has 1 amide bonds. The van der Waals surface area contributed by atoms with Crippen LogP contribution in [0.15, 0.2) is 18.5 Å². The van der Waals surface area contributed by atoms with Crippen molar-refractivity contribution >= 4 is 21.7 Å². The molecule has 0 aromatic carbocycles. The Morgan fingerprint density at radius 1 is 1.21 bits per heavy atom. The van der Waals surface area contributed by atoms with Crippen LogP contribution < -0.4 is 10.2 Å². The molecule has 1 atom stereocenters. The molecule has 0 spiro atoms. The van der Waals surface area contributed by atoms with Crippen molar-refractivity contribution in [3.05, 3.63) is 18.5 Å². The normalized spacial score (nSPS) is 23.4. The van der Waals surface area contributed by atoms with E-state index in [1.807, 2.05) is 4.90 Å². The average molecular weight is 353 g/mol. The molecule has 2 fully saturated rings. The summed E-state index contributed by atoms with van der Waals surface area (Å²) < 4.78 is 22.8. The van der Waals surface area contributed by atoms with Crippen LogP contribution in [0, 0.1) is 0 Å². The molecule has 0 bridgehead atoms. The third-order valence-electron chi connectivity index (χ3n) is 4.47. The second-order valence-electron chi connectivity index (χ2n) is 6.22. The van der Waals surface area contributed by atoms with E-state index in [1.54, 1.807) is 18.5 Å². The van der Waals surface area contributed by atoms with E-state index in [1.165, 1.54) is 0 Å². The highest BCUT2D eigenvalue weighted by Gasteiger charge is 2.28. The monoisotopic (exact) mass is 353 g/mol. The van der Waals surface area contributed by atoms with E-state index in [-0.39, 0.29) is 23.5 Å². The topological polar surface area (TPSA) is 95.5 Å². The number of amides is 1. The maximum atomic E-state index is 12.3. The lowest BCUT2D eigenvalue weighted by Gasteiger charge is -2.34. The van der Waals surface area contributed by atoms with Crippen LogP contribution in [-0.4, -0.2) is 79.5 Å².